The van der Waals surface area contributed by atoms with Gasteiger partial charge in [-0.25, -0.2) is 4.68 Å². The predicted molar refractivity (Wildman–Crippen MR) is 109 cm³/mol. The van der Waals surface area contributed by atoms with Crippen LogP contribution < -0.4 is 0 Å². The lowest BCUT2D eigenvalue weighted by Gasteiger charge is -2.16. The first kappa shape index (κ1) is 18.7. The van der Waals surface area contributed by atoms with E-state index in [4.69, 9.17) is 9.78 Å². The van der Waals surface area contributed by atoms with Crippen molar-refractivity contribution in [2.45, 2.75) is 12.5 Å². The smallest absolute Gasteiger partial charge is 0.280 e. The maximum atomic E-state index is 12.8. The van der Waals surface area contributed by atoms with Crippen molar-refractivity contribution in [3.63, 3.8) is 0 Å². The van der Waals surface area contributed by atoms with E-state index in [1.165, 1.54) is 0 Å². The summed E-state index contributed by atoms with van der Waals surface area (Å²) in [5.74, 6) is 0.732. The predicted octanol–water partition coefficient (Wildman–Crippen LogP) is 2.95. The number of carbonyl (C=O) groups is 1. The zero-order valence-electron chi connectivity index (χ0n) is 16.4. The zero-order chi connectivity index (χ0) is 21.2. The van der Waals surface area contributed by atoms with Crippen LogP contribution in [0.25, 0.3) is 23.0 Å². The van der Waals surface area contributed by atoms with E-state index in [1.54, 1.807) is 40.0 Å². The fourth-order valence-electron chi connectivity index (χ4n) is 3.60. The number of hydrogen-bond acceptors (Lipinski definition) is 7. The first-order chi connectivity index (χ1) is 15.2. The Morgan fingerprint density at radius 1 is 1.13 bits per heavy atom. The summed E-state index contributed by atoms with van der Waals surface area (Å²) in [7, 11) is 0. The molecule has 3 heterocycles. The largest absolute Gasteiger partial charge is 0.336 e. The molecule has 9 heteroatoms. The van der Waals surface area contributed by atoms with Gasteiger partial charge in [0.1, 0.15) is 0 Å². The van der Waals surface area contributed by atoms with Crippen LogP contribution in [0, 0.1) is 11.3 Å². The number of aromatic nitrogens is 5. The van der Waals surface area contributed by atoms with E-state index in [-0.39, 0.29) is 11.9 Å². The highest BCUT2D eigenvalue weighted by molar-refractivity contribution is 5.94. The molecule has 1 aliphatic heterocycles. The van der Waals surface area contributed by atoms with Crippen LogP contribution in [0.3, 0.4) is 0 Å². The van der Waals surface area contributed by atoms with Crippen LogP contribution in [0.1, 0.15) is 28.4 Å². The Hall–Kier alpha value is -4.32. The first-order valence-electron chi connectivity index (χ1n) is 9.82. The molecule has 0 spiro atoms. The minimum absolute atomic E-state index is 0.0140. The van der Waals surface area contributed by atoms with E-state index in [2.05, 4.69) is 26.5 Å². The number of nitriles is 1. The van der Waals surface area contributed by atoms with E-state index in [1.807, 2.05) is 30.3 Å². The Labute approximate surface area is 177 Å². The Morgan fingerprint density at radius 3 is 2.71 bits per heavy atom. The maximum absolute atomic E-state index is 12.8. The van der Waals surface area contributed by atoms with Crippen LogP contribution in [-0.4, -0.2) is 49.0 Å². The van der Waals surface area contributed by atoms with Gasteiger partial charge >= 0.3 is 0 Å². The fourth-order valence-corrected chi connectivity index (χ4v) is 3.60. The Kier molecular flexibility index (Phi) is 4.72. The van der Waals surface area contributed by atoms with Gasteiger partial charge in [0.2, 0.25) is 5.82 Å². The van der Waals surface area contributed by atoms with Gasteiger partial charge in [0, 0.05) is 24.2 Å². The Morgan fingerprint density at radius 2 is 1.94 bits per heavy atom. The molecule has 1 amide bonds. The van der Waals surface area contributed by atoms with Gasteiger partial charge < -0.3 is 9.42 Å². The molecule has 0 N–H and O–H groups in total. The van der Waals surface area contributed by atoms with Crippen molar-refractivity contribution in [1.82, 2.24) is 30.0 Å². The second kappa shape index (κ2) is 7.84. The second-order valence-electron chi connectivity index (χ2n) is 7.26. The van der Waals surface area contributed by atoms with Gasteiger partial charge in [0.25, 0.3) is 11.8 Å². The van der Waals surface area contributed by atoms with Crippen molar-refractivity contribution >= 4 is 5.91 Å². The summed E-state index contributed by atoms with van der Waals surface area (Å²) in [6.45, 7) is 1.15. The topological polar surface area (TPSA) is 114 Å². The quantitative estimate of drug-likeness (QED) is 0.507. The summed E-state index contributed by atoms with van der Waals surface area (Å²) in [5.41, 5.74) is 2.45. The number of hydrogen-bond donors (Lipinski definition) is 0. The number of rotatable bonds is 4. The molecule has 152 valence electrons. The molecule has 2 aromatic carbocycles. The average molecular weight is 411 g/mol. The summed E-state index contributed by atoms with van der Waals surface area (Å²) in [5, 5.41) is 21.3. The number of likely N-dealkylation sites (tertiary alicyclic amines) is 1. The first-order valence-corrected chi connectivity index (χ1v) is 9.82. The van der Waals surface area contributed by atoms with Crippen molar-refractivity contribution in [3.8, 4) is 29.0 Å². The van der Waals surface area contributed by atoms with Crippen LogP contribution in [0.15, 0.2) is 65.3 Å². The molecule has 31 heavy (non-hydrogen) atoms. The van der Waals surface area contributed by atoms with Gasteiger partial charge in [-0.2, -0.15) is 10.2 Å². The van der Waals surface area contributed by atoms with Gasteiger partial charge in [-0.1, -0.05) is 40.7 Å². The van der Waals surface area contributed by atoms with E-state index in [0.29, 0.717) is 41.6 Å². The average Bonchev–Trinajstić information content (AvgIpc) is 3.59. The van der Waals surface area contributed by atoms with Crippen molar-refractivity contribution in [2.24, 2.45) is 0 Å². The lowest BCUT2D eigenvalue weighted by atomic mass is 10.1. The number of nitrogens with zero attached hydrogens (tertiary/aromatic N) is 7. The monoisotopic (exact) mass is 411 g/mol. The van der Waals surface area contributed by atoms with Gasteiger partial charge in [-0.05, 0) is 30.7 Å². The van der Waals surface area contributed by atoms with Crippen LogP contribution in [0.5, 0.6) is 0 Å². The summed E-state index contributed by atoms with van der Waals surface area (Å²) in [6.07, 6.45) is 2.53. The van der Waals surface area contributed by atoms with E-state index < -0.39 is 0 Å². The third kappa shape index (κ3) is 3.67. The van der Waals surface area contributed by atoms with Crippen LogP contribution in [0.2, 0.25) is 0 Å². The minimum Gasteiger partial charge on any atom is -0.336 e. The number of carbonyl (C=O) groups excluding carboxylic acids is 1. The van der Waals surface area contributed by atoms with E-state index in [9.17, 15) is 4.79 Å². The molecule has 1 aliphatic rings. The van der Waals surface area contributed by atoms with E-state index in [0.717, 1.165) is 12.0 Å². The Balaban J connectivity index is 1.28. The molecular formula is C22H17N7O2. The van der Waals surface area contributed by atoms with Gasteiger partial charge in [-0.3, -0.25) is 4.79 Å². The molecule has 0 bridgehead atoms. The maximum Gasteiger partial charge on any atom is 0.280 e. The van der Waals surface area contributed by atoms with Crippen LogP contribution in [0.4, 0.5) is 0 Å². The third-order valence-corrected chi connectivity index (χ3v) is 5.27. The molecular weight excluding hydrogens is 394 g/mol. The molecule has 9 nitrogen and oxygen atoms in total. The van der Waals surface area contributed by atoms with Gasteiger partial charge in [0.05, 0.1) is 23.9 Å². The molecule has 1 atom stereocenters. The van der Waals surface area contributed by atoms with E-state index >= 15 is 0 Å². The van der Waals surface area contributed by atoms with Crippen molar-refractivity contribution in [3.05, 3.63) is 71.9 Å². The van der Waals surface area contributed by atoms with Crippen molar-refractivity contribution in [1.29, 1.82) is 5.26 Å². The number of benzene rings is 2. The molecule has 0 saturated carbocycles. The zero-order valence-corrected chi connectivity index (χ0v) is 16.4. The molecule has 5 rings (SSSR count). The van der Waals surface area contributed by atoms with Crippen molar-refractivity contribution < 1.29 is 9.32 Å². The summed E-state index contributed by atoms with van der Waals surface area (Å²) < 4.78 is 7.10. The normalized spacial score (nSPS) is 15.7. The SMILES string of the molecule is N#Cc1ccc(C(=O)N2CC[C@H](n3cc(-c4nc(-c5ccccc5)no4)nn3)C2)cc1. The molecule has 1 fully saturated rings. The summed E-state index contributed by atoms with van der Waals surface area (Å²) >= 11 is 0. The lowest BCUT2D eigenvalue weighted by Crippen LogP contribution is -2.29. The fraction of sp³-hybridized carbons (Fsp3) is 0.182. The van der Waals surface area contributed by atoms with Crippen molar-refractivity contribution in [2.75, 3.05) is 13.1 Å². The minimum atomic E-state index is -0.0586. The highest BCUT2D eigenvalue weighted by atomic mass is 16.5. The molecule has 0 radical (unpaired) electrons. The van der Waals surface area contributed by atoms with Crippen LogP contribution in [-0.2, 0) is 0 Å². The second-order valence-corrected chi connectivity index (χ2v) is 7.26. The standard InChI is InChI=1S/C22H17N7O2/c23-12-15-6-8-17(9-7-15)22(30)28-11-10-18(13-28)29-14-19(25-27-29)21-24-20(26-31-21)16-4-2-1-3-5-16/h1-9,14,18H,10-11,13H2/t18-/m0/s1. The molecule has 4 aromatic rings. The molecule has 1 saturated heterocycles. The molecule has 0 aliphatic carbocycles. The highest BCUT2D eigenvalue weighted by Crippen LogP contribution is 2.25. The summed E-state index contributed by atoms with van der Waals surface area (Å²) in [4.78, 5) is 18.9. The molecule has 2 aromatic heterocycles. The Bertz CT molecular complexity index is 1260. The van der Waals surface area contributed by atoms with Gasteiger partial charge in [-0.15, -0.1) is 5.10 Å². The van der Waals surface area contributed by atoms with Crippen LogP contribution >= 0.6 is 0 Å². The highest BCUT2D eigenvalue weighted by Gasteiger charge is 2.29. The lowest BCUT2D eigenvalue weighted by molar-refractivity contribution is 0.0787. The number of amides is 1. The molecule has 0 unspecified atom stereocenters. The summed E-state index contributed by atoms with van der Waals surface area (Å²) in [6, 6.07) is 18.3. The van der Waals surface area contributed by atoms with Gasteiger partial charge in [0.15, 0.2) is 5.69 Å². The third-order valence-electron chi connectivity index (χ3n) is 5.27.